The maximum atomic E-state index is 11.5. The summed E-state index contributed by atoms with van der Waals surface area (Å²) < 4.78 is 23.1. The Kier molecular flexibility index (Phi) is 8.70. The fraction of sp³-hybridized carbons (Fsp3) is 0.435. The van der Waals surface area contributed by atoms with Gasteiger partial charge in [-0.15, -0.1) is 0 Å². The molecule has 0 aliphatic heterocycles. The lowest BCUT2D eigenvalue weighted by molar-refractivity contribution is 0.602. The summed E-state index contributed by atoms with van der Waals surface area (Å²) in [5.41, 5.74) is 3.70. The van der Waals surface area contributed by atoms with Crippen LogP contribution in [0.5, 0.6) is 0 Å². The second-order valence-electron chi connectivity index (χ2n) is 7.54. The van der Waals surface area contributed by atoms with Crippen molar-refractivity contribution in [2.24, 2.45) is 4.99 Å². The van der Waals surface area contributed by atoms with Crippen LogP contribution >= 0.6 is 0 Å². The number of nitrogens with zero attached hydrogens (tertiary/aromatic N) is 1. The first-order chi connectivity index (χ1) is 13.8. The van der Waals surface area contributed by atoms with Crippen molar-refractivity contribution in [3.63, 3.8) is 0 Å². The zero-order chi connectivity index (χ0) is 21.3. The molecule has 0 radical (unpaired) electrons. The van der Waals surface area contributed by atoms with Crippen LogP contribution in [0.2, 0.25) is 0 Å². The monoisotopic (exact) mass is 415 g/mol. The Hall–Kier alpha value is -2.34. The number of aryl methyl sites for hydroxylation is 1. The number of nitrogens with one attached hydrogen (secondary N) is 2. The summed E-state index contributed by atoms with van der Waals surface area (Å²) >= 11 is 0. The van der Waals surface area contributed by atoms with Gasteiger partial charge in [0.1, 0.15) is 0 Å². The molecule has 2 aromatic rings. The lowest BCUT2D eigenvalue weighted by Crippen LogP contribution is -2.37. The van der Waals surface area contributed by atoms with Crippen molar-refractivity contribution in [1.29, 1.82) is 0 Å². The van der Waals surface area contributed by atoms with E-state index in [0.717, 1.165) is 37.5 Å². The van der Waals surface area contributed by atoms with Crippen molar-refractivity contribution in [3.05, 3.63) is 65.2 Å². The Balaban J connectivity index is 1.84. The van der Waals surface area contributed by atoms with Gasteiger partial charge in [-0.25, -0.2) is 13.4 Å². The molecule has 0 saturated heterocycles. The highest BCUT2D eigenvalue weighted by Crippen LogP contribution is 2.15. The van der Waals surface area contributed by atoms with Gasteiger partial charge in [-0.2, -0.15) is 0 Å². The highest BCUT2D eigenvalue weighted by atomic mass is 32.2. The van der Waals surface area contributed by atoms with Crippen LogP contribution in [0.4, 0.5) is 0 Å². The third-order valence-corrected chi connectivity index (χ3v) is 5.83. The van der Waals surface area contributed by atoms with Gasteiger partial charge < -0.3 is 10.6 Å². The first-order valence-corrected chi connectivity index (χ1v) is 12.1. The molecule has 158 valence electrons. The molecular formula is C23H33N3O2S. The number of hydrogen-bond acceptors (Lipinski definition) is 3. The molecular weight excluding hydrogens is 382 g/mol. The standard InChI is InChI=1S/C23H33N3O2S/c1-5-24-23(26-17-20-10-14-22(15-11-20)29(4,27)28)25-16-6-7-19-8-12-21(13-9-19)18(2)3/h8-15,18H,5-7,16-17H2,1-4H3,(H2,24,25,26). The Labute approximate surface area is 175 Å². The molecule has 0 fully saturated rings. The van der Waals surface area contributed by atoms with Gasteiger partial charge >= 0.3 is 0 Å². The molecule has 0 spiro atoms. The van der Waals surface area contributed by atoms with Gasteiger partial charge in [0, 0.05) is 19.3 Å². The minimum atomic E-state index is -3.16. The lowest BCUT2D eigenvalue weighted by atomic mass is 10.0. The van der Waals surface area contributed by atoms with Gasteiger partial charge in [-0.05, 0) is 54.5 Å². The second-order valence-corrected chi connectivity index (χ2v) is 9.55. The van der Waals surface area contributed by atoms with Crippen molar-refractivity contribution in [2.45, 2.75) is 51.0 Å². The molecule has 29 heavy (non-hydrogen) atoms. The molecule has 2 N–H and O–H groups in total. The molecule has 0 amide bonds. The third-order valence-electron chi connectivity index (χ3n) is 4.70. The van der Waals surface area contributed by atoms with Crippen LogP contribution in [0.15, 0.2) is 58.4 Å². The van der Waals surface area contributed by atoms with Crippen LogP contribution in [0, 0.1) is 0 Å². The highest BCUT2D eigenvalue weighted by molar-refractivity contribution is 7.90. The molecule has 6 heteroatoms. The van der Waals surface area contributed by atoms with Gasteiger partial charge in [0.2, 0.25) is 0 Å². The molecule has 0 atom stereocenters. The van der Waals surface area contributed by atoms with Crippen LogP contribution in [-0.4, -0.2) is 33.7 Å². The smallest absolute Gasteiger partial charge is 0.191 e. The van der Waals surface area contributed by atoms with E-state index in [1.807, 2.05) is 19.1 Å². The molecule has 0 unspecified atom stereocenters. The molecule has 0 aliphatic rings. The van der Waals surface area contributed by atoms with Crippen LogP contribution in [0.1, 0.15) is 49.8 Å². The zero-order valence-corrected chi connectivity index (χ0v) is 18.7. The number of guanidine groups is 1. The lowest BCUT2D eigenvalue weighted by Gasteiger charge is -2.12. The molecule has 0 saturated carbocycles. The van der Waals surface area contributed by atoms with Crippen molar-refractivity contribution < 1.29 is 8.42 Å². The number of rotatable bonds is 9. The molecule has 5 nitrogen and oxygen atoms in total. The van der Waals surface area contributed by atoms with Crippen molar-refractivity contribution in [3.8, 4) is 0 Å². The van der Waals surface area contributed by atoms with Crippen LogP contribution in [-0.2, 0) is 22.8 Å². The third kappa shape index (κ3) is 7.89. The summed E-state index contributed by atoms with van der Waals surface area (Å²) in [6.45, 7) is 8.58. The summed E-state index contributed by atoms with van der Waals surface area (Å²) in [7, 11) is -3.16. The van der Waals surface area contributed by atoms with E-state index in [9.17, 15) is 8.42 Å². The van der Waals surface area contributed by atoms with E-state index in [2.05, 4.69) is 53.7 Å². The summed E-state index contributed by atoms with van der Waals surface area (Å²) in [6, 6.07) is 15.7. The van der Waals surface area contributed by atoms with Crippen LogP contribution < -0.4 is 10.6 Å². The number of aliphatic imine (C=N–C) groups is 1. The number of hydrogen-bond donors (Lipinski definition) is 2. The van der Waals surface area contributed by atoms with Gasteiger partial charge in [0.05, 0.1) is 11.4 Å². The van der Waals surface area contributed by atoms with Crippen molar-refractivity contribution in [2.75, 3.05) is 19.3 Å². The fourth-order valence-corrected chi connectivity index (χ4v) is 3.55. The summed E-state index contributed by atoms with van der Waals surface area (Å²) in [5.74, 6) is 1.34. The number of sulfone groups is 1. The highest BCUT2D eigenvalue weighted by Gasteiger charge is 2.06. The summed E-state index contributed by atoms with van der Waals surface area (Å²) in [6.07, 6.45) is 3.26. The Morgan fingerprint density at radius 3 is 2.14 bits per heavy atom. The van der Waals surface area contributed by atoms with Gasteiger partial charge in [-0.1, -0.05) is 50.2 Å². The Morgan fingerprint density at radius 1 is 0.966 bits per heavy atom. The van der Waals surface area contributed by atoms with E-state index >= 15 is 0 Å². The minimum absolute atomic E-state index is 0.330. The largest absolute Gasteiger partial charge is 0.357 e. The Bertz CT molecular complexity index is 887. The van der Waals surface area contributed by atoms with Gasteiger partial charge in [0.15, 0.2) is 15.8 Å². The van der Waals surface area contributed by atoms with E-state index in [4.69, 9.17) is 0 Å². The van der Waals surface area contributed by atoms with E-state index in [0.29, 0.717) is 17.4 Å². The average molecular weight is 416 g/mol. The van der Waals surface area contributed by atoms with Crippen molar-refractivity contribution >= 4 is 15.8 Å². The average Bonchev–Trinajstić information content (AvgIpc) is 2.69. The SMILES string of the molecule is CCNC(=NCc1ccc(S(C)(=O)=O)cc1)NCCCc1ccc(C(C)C)cc1. The molecule has 2 aromatic carbocycles. The first kappa shape index (κ1) is 22.9. The maximum absolute atomic E-state index is 11.5. The molecule has 2 rings (SSSR count). The maximum Gasteiger partial charge on any atom is 0.191 e. The predicted octanol–water partition coefficient (Wildman–Crippen LogP) is 3.90. The topological polar surface area (TPSA) is 70.6 Å². The number of benzene rings is 2. The normalized spacial score (nSPS) is 12.2. The predicted molar refractivity (Wildman–Crippen MR) is 121 cm³/mol. The molecule has 0 bridgehead atoms. The van der Waals surface area contributed by atoms with Crippen molar-refractivity contribution in [1.82, 2.24) is 10.6 Å². The van der Waals surface area contributed by atoms with E-state index in [1.165, 1.54) is 17.4 Å². The minimum Gasteiger partial charge on any atom is -0.357 e. The van der Waals surface area contributed by atoms with E-state index < -0.39 is 9.84 Å². The fourth-order valence-electron chi connectivity index (χ4n) is 2.92. The van der Waals surface area contributed by atoms with Gasteiger partial charge in [-0.3, -0.25) is 0 Å². The molecule has 0 aliphatic carbocycles. The van der Waals surface area contributed by atoms with Crippen LogP contribution in [0.3, 0.4) is 0 Å². The molecule has 0 aromatic heterocycles. The summed E-state index contributed by atoms with van der Waals surface area (Å²) in [5, 5.41) is 6.62. The van der Waals surface area contributed by atoms with E-state index in [-0.39, 0.29) is 0 Å². The van der Waals surface area contributed by atoms with Gasteiger partial charge in [0.25, 0.3) is 0 Å². The molecule has 0 heterocycles. The summed E-state index contributed by atoms with van der Waals surface area (Å²) in [4.78, 5) is 4.93. The quantitative estimate of drug-likeness (QED) is 0.370. The zero-order valence-electron chi connectivity index (χ0n) is 17.9. The second kappa shape index (κ2) is 11.0. The Morgan fingerprint density at radius 2 is 1.59 bits per heavy atom. The first-order valence-electron chi connectivity index (χ1n) is 10.2. The van der Waals surface area contributed by atoms with Crippen LogP contribution in [0.25, 0.3) is 0 Å². The van der Waals surface area contributed by atoms with E-state index in [1.54, 1.807) is 12.1 Å².